The number of fused-ring (bicyclic) bond motifs is 1. The van der Waals surface area contributed by atoms with Gasteiger partial charge >= 0.3 is 0 Å². The molecule has 10 heteroatoms. The minimum Gasteiger partial charge on any atom is -0.383 e. The van der Waals surface area contributed by atoms with Crippen molar-refractivity contribution in [3.8, 4) is 0 Å². The minimum absolute atomic E-state index is 0.0149. The third-order valence-corrected chi connectivity index (χ3v) is 7.95. The molecule has 2 aromatic rings. The summed E-state index contributed by atoms with van der Waals surface area (Å²) in [4.78, 5) is 32.2. The van der Waals surface area contributed by atoms with Gasteiger partial charge in [0.2, 0.25) is 5.91 Å². The lowest BCUT2D eigenvalue weighted by Crippen LogP contribution is -2.42. The zero-order valence-corrected chi connectivity index (χ0v) is 19.0. The van der Waals surface area contributed by atoms with Crippen molar-refractivity contribution in [1.29, 1.82) is 0 Å². The van der Waals surface area contributed by atoms with Gasteiger partial charge in [0, 0.05) is 19.7 Å². The van der Waals surface area contributed by atoms with E-state index in [0.29, 0.717) is 35.6 Å². The van der Waals surface area contributed by atoms with Gasteiger partial charge in [-0.05, 0) is 32.4 Å². The first-order valence-electron chi connectivity index (χ1n) is 9.90. The van der Waals surface area contributed by atoms with Gasteiger partial charge in [-0.15, -0.1) is 0 Å². The SMILES string of the molecule is CCN(C(=O)CSc1nc2ccccc2c(=O)n1[C@H](C)COC)[C@@H]1CCS(=O)(=O)C1. The molecule has 0 spiro atoms. The van der Waals surface area contributed by atoms with Gasteiger partial charge in [-0.25, -0.2) is 13.4 Å². The lowest BCUT2D eigenvalue weighted by Gasteiger charge is -2.27. The molecule has 164 valence electrons. The van der Waals surface area contributed by atoms with Crippen molar-refractivity contribution in [3.63, 3.8) is 0 Å². The molecule has 1 aliphatic heterocycles. The van der Waals surface area contributed by atoms with Gasteiger partial charge in [-0.1, -0.05) is 23.9 Å². The van der Waals surface area contributed by atoms with Crippen LogP contribution in [0.1, 0.15) is 26.3 Å². The summed E-state index contributed by atoms with van der Waals surface area (Å²) < 4.78 is 30.4. The predicted octanol–water partition coefficient (Wildman–Crippen LogP) is 1.73. The van der Waals surface area contributed by atoms with E-state index >= 15 is 0 Å². The summed E-state index contributed by atoms with van der Waals surface area (Å²) in [5, 5.41) is 0.967. The highest BCUT2D eigenvalue weighted by Crippen LogP contribution is 2.23. The van der Waals surface area contributed by atoms with E-state index in [4.69, 9.17) is 4.74 Å². The first-order chi connectivity index (χ1) is 14.3. The van der Waals surface area contributed by atoms with Crippen LogP contribution in [0.5, 0.6) is 0 Å². The van der Waals surface area contributed by atoms with Crippen LogP contribution in [-0.4, -0.2) is 72.3 Å². The Morgan fingerprint density at radius 1 is 1.40 bits per heavy atom. The number of carbonyl (C=O) groups excluding carboxylic acids is 1. The summed E-state index contributed by atoms with van der Waals surface area (Å²) in [6.07, 6.45) is 0.469. The normalized spacial score (nSPS) is 19.1. The van der Waals surface area contributed by atoms with Crippen molar-refractivity contribution < 1.29 is 17.9 Å². The molecule has 30 heavy (non-hydrogen) atoms. The topological polar surface area (TPSA) is 98.6 Å². The summed E-state index contributed by atoms with van der Waals surface area (Å²) in [7, 11) is -1.51. The van der Waals surface area contributed by atoms with Crippen molar-refractivity contribution in [2.75, 3.05) is 37.5 Å². The fraction of sp³-hybridized carbons (Fsp3) is 0.550. The Morgan fingerprint density at radius 2 is 2.13 bits per heavy atom. The number of sulfone groups is 1. The second-order valence-electron chi connectivity index (χ2n) is 7.42. The van der Waals surface area contributed by atoms with E-state index in [9.17, 15) is 18.0 Å². The number of hydrogen-bond donors (Lipinski definition) is 0. The number of ether oxygens (including phenoxy) is 1. The number of methoxy groups -OCH3 is 1. The van der Waals surface area contributed by atoms with Crippen LogP contribution >= 0.6 is 11.8 Å². The molecule has 0 saturated carbocycles. The highest BCUT2D eigenvalue weighted by Gasteiger charge is 2.34. The zero-order chi connectivity index (χ0) is 21.9. The van der Waals surface area contributed by atoms with E-state index < -0.39 is 9.84 Å². The van der Waals surface area contributed by atoms with Crippen LogP contribution in [-0.2, 0) is 19.4 Å². The molecular weight excluding hydrogens is 426 g/mol. The quantitative estimate of drug-likeness (QED) is 0.443. The molecule has 1 amide bonds. The average molecular weight is 454 g/mol. The standard InChI is InChI=1S/C20H27N3O5S2/c1-4-22(15-9-10-30(26,27)13-15)18(24)12-29-20-21-17-8-6-5-7-16(17)19(25)23(20)14(2)11-28-3/h5-8,14-15H,4,9-13H2,1-3H3/t14-,15-/m1/s1. The van der Waals surface area contributed by atoms with E-state index in [1.54, 1.807) is 34.8 Å². The first kappa shape index (κ1) is 22.8. The largest absolute Gasteiger partial charge is 0.383 e. The Hall–Kier alpha value is -1.91. The fourth-order valence-corrected chi connectivity index (χ4v) is 6.51. The molecule has 2 heterocycles. The van der Waals surface area contributed by atoms with Crippen LogP contribution in [0.15, 0.2) is 34.2 Å². The average Bonchev–Trinajstić information content (AvgIpc) is 3.06. The van der Waals surface area contributed by atoms with Crippen LogP contribution in [0.2, 0.25) is 0 Å². The maximum Gasteiger partial charge on any atom is 0.262 e. The Kier molecular flexibility index (Phi) is 7.20. The molecule has 1 saturated heterocycles. The van der Waals surface area contributed by atoms with Crippen LogP contribution < -0.4 is 5.56 Å². The number of amides is 1. The van der Waals surface area contributed by atoms with Gasteiger partial charge in [0.15, 0.2) is 15.0 Å². The Labute approximate surface area is 180 Å². The molecule has 1 fully saturated rings. The molecule has 0 aliphatic carbocycles. The first-order valence-corrected chi connectivity index (χ1v) is 12.7. The minimum atomic E-state index is -3.08. The summed E-state index contributed by atoms with van der Waals surface area (Å²) in [5.74, 6) is 0.0584. The zero-order valence-electron chi connectivity index (χ0n) is 17.4. The number of aromatic nitrogens is 2. The molecule has 0 N–H and O–H groups in total. The smallest absolute Gasteiger partial charge is 0.262 e. The number of benzene rings is 1. The van der Waals surface area contributed by atoms with Gasteiger partial charge in [0.25, 0.3) is 5.56 Å². The van der Waals surface area contributed by atoms with Crippen molar-refractivity contribution in [2.24, 2.45) is 0 Å². The van der Waals surface area contributed by atoms with E-state index in [1.807, 2.05) is 19.9 Å². The summed E-state index contributed by atoms with van der Waals surface area (Å²) >= 11 is 1.20. The Morgan fingerprint density at radius 3 is 2.77 bits per heavy atom. The second kappa shape index (κ2) is 9.49. The summed E-state index contributed by atoms with van der Waals surface area (Å²) in [6, 6.07) is 6.58. The molecule has 2 atom stereocenters. The summed E-state index contributed by atoms with van der Waals surface area (Å²) in [5.41, 5.74) is 0.405. The number of thioether (sulfide) groups is 1. The van der Waals surface area contributed by atoms with Gasteiger partial charge in [-0.3, -0.25) is 14.2 Å². The summed E-state index contributed by atoms with van der Waals surface area (Å²) in [6.45, 7) is 4.49. The van der Waals surface area contributed by atoms with Gasteiger partial charge in [0.05, 0.1) is 40.8 Å². The Bertz CT molecular complexity index is 1080. The monoisotopic (exact) mass is 453 g/mol. The van der Waals surface area contributed by atoms with Crippen LogP contribution in [0, 0.1) is 0 Å². The number of hydrogen-bond acceptors (Lipinski definition) is 7. The molecule has 0 radical (unpaired) electrons. The molecule has 0 unspecified atom stereocenters. The van der Waals surface area contributed by atoms with E-state index in [0.717, 1.165) is 0 Å². The molecule has 3 rings (SSSR count). The lowest BCUT2D eigenvalue weighted by atomic mass is 10.2. The van der Waals surface area contributed by atoms with Crippen molar-refractivity contribution in [1.82, 2.24) is 14.5 Å². The maximum atomic E-state index is 13.1. The van der Waals surface area contributed by atoms with Gasteiger partial charge < -0.3 is 9.64 Å². The second-order valence-corrected chi connectivity index (χ2v) is 10.6. The van der Waals surface area contributed by atoms with Crippen molar-refractivity contribution in [3.05, 3.63) is 34.6 Å². The third kappa shape index (κ3) is 4.87. The molecule has 8 nitrogen and oxygen atoms in total. The third-order valence-electron chi connectivity index (χ3n) is 5.26. The predicted molar refractivity (Wildman–Crippen MR) is 118 cm³/mol. The number of para-hydroxylation sites is 1. The van der Waals surface area contributed by atoms with Crippen molar-refractivity contribution in [2.45, 2.75) is 37.5 Å². The van der Waals surface area contributed by atoms with Crippen LogP contribution in [0.4, 0.5) is 0 Å². The lowest BCUT2D eigenvalue weighted by molar-refractivity contribution is -0.129. The molecule has 1 aliphatic rings. The molecule has 0 bridgehead atoms. The van der Waals surface area contributed by atoms with E-state index in [-0.39, 0.29) is 40.8 Å². The molecular formula is C20H27N3O5S2. The van der Waals surface area contributed by atoms with E-state index in [1.165, 1.54) is 11.8 Å². The van der Waals surface area contributed by atoms with Crippen LogP contribution in [0.25, 0.3) is 10.9 Å². The van der Waals surface area contributed by atoms with Gasteiger partial charge in [-0.2, -0.15) is 0 Å². The van der Waals surface area contributed by atoms with Gasteiger partial charge in [0.1, 0.15) is 0 Å². The maximum absolute atomic E-state index is 13.1. The van der Waals surface area contributed by atoms with Crippen molar-refractivity contribution >= 4 is 38.4 Å². The highest BCUT2D eigenvalue weighted by molar-refractivity contribution is 7.99. The van der Waals surface area contributed by atoms with Crippen LogP contribution in [0.3, 0.4) is 0 Å². The molecule has 1 aromatic carbocycles. The number of rotatable bonds is 8. The number of nitrogens with zero attached hydrogens (tertiary/aromatic N) is 3. The number of carbonyl (C=O) groups is 1. The highest BCUT2D eigenvalue weighted by atomic mass is 32.2. The van der Waals surface area contributed by atoms with E-state index in [2.05, 4.69) is 4.98 Å². The fourth-order valence-electron chi connectivity index (χ4n) is 3.80. The molecule has 1 aromatic heterocycles. The Balaban J connectivity index is 1.86.